The van der Waals surface area contributed by atoms with Crippen LogP contribution in [0.5, 0.6) is 5.75 Å². The van der Waals surface area contributed by atoms with E-state index in [1.54, 1.807) is 7.11 Å². The number of hydrogen-bond acceptors (Lipinski definition) is 3. The lowest BCUT2D eigenvalue weighted by atomic mass is 10.1. The Morgan fingerprint density at radius 1 is 1.44 bits per heavy atom. The highest BCUT2D eigenvalue weighted by Gasteiger charge is 2.17. The van der Waals surface area contributed by atoms with E-state index in [4.69, 9.17) is 9.47 Å². The fraction of sp³-hybridized carbons (Fsp3) is 0.462. The topological polar surface area (TPSA) is 38.8 Å². The summed E-state index contributed by atoms with van der Waals surface area (Å²) in [6, 6.07) is 5.71. The Balaban J connectivity index is 2.00. The Bertz CT molecular complexity index is 430. The van der Waals surface area contributed by atoms with Crippen molar-refractivity contribution in [3.63, 3.8) is 0 Å². The van der Waals surface area contributed by atoms with Gasteiger partial charge in [0, 0.05) is 13.1 Å². The number of ether oxygens (including phenoxy) is 2. The molecule has 0 aromatic heterocycles. The third-order valence-electron chi connectivity index (χ3n) is 2.94. The predicted octanol–water partition coefficient (Wildman–Crippen LogP) is 1.86. The van der Waals surface area contributed by atoms with Crippen LogP contribution in [-0.2, 0) is 16.0 Å². The molecule has 0 saturated carbocycles. The third kappa shape index (κ3) is 3.23. The molecule has 1 fully saturated rings. The molecular weight excluding hydrogens is 298 g/mol. The smallest absolute Gasteiger partial charge is 0.227 e. The third-order valence-corrected chi connectivity index (χ3v) is 3.56. The second-order valence-corrected chi connectivity index (χ2v) is 4.99. The van der Waals surface area contributed by atoms with Crippen molar-refractivity contribution in [3.8, 4) is 5.75 Å². The van der Waals surface area contributed by atoms with Gasteiger partial charge in [-0.1, -0.05) is 6.07 Å². The van der Waals surface area contributed by atoms with Crippen LogP contribution >= 0.6 is 15.9 Å². The van der Waals surface area contributed by atoms with Gasteiger partial charge in [0.25, 0.3) is 0 Å². The zero-order valence-corrected chi connectivity index (χ0v) is 11.9. The van der Waals surface area contributed by atoms with Gasteiger partial charge >= 0.3 is 0 Å². The van der Waals surface area contributed by atoms with E-state index in [1.807, 2.05) is 23.1 Å². The molecule has 1 aliphatic heterocycles. The van der Waals surface area contributed by atoms with Gasteiger partial charge in [-0.05, 0) is 33.6 Å². The summed E-state index contributed by atoms with van der Waals surface area (Å²) < 4.78 is 11.3. The molecular formula is C13H16BrNO3. The fourth-order valence-electron chi connectivity index (χ4n) is 1.92. The lowest BCUT2D eigenvalue weighted by Gasteiger charge is -2.26. The summed E-state index contributed by atoms with van der Waals surface area (Å²) in [7, 11) is 1.62. The maximum Gasteiger partial charge on any atom is 0.227 e. The number of morpholine rings is 1. The number of nitrogens with zero attached hydrogens (tertiary/aromatic N) is 1. The summed E-state index contributed by atoms with van der Waals surface area (Å²) in [5.41, 5.74) is 0.985. The second kappa shape index (κ2) is 6.20. The molecule has 0 unspecified atom stereocenters. The molecule has 98 valence electrons. The number of amides is 1. The molecule has 0 spiro atoms. The van der Waals surface area contributed by atoms with Crippen molar-refractivity contribution in [2.75, 3.05) is 33.4 Å². The van der Waals surface area contributed by atoms with Gasteiger partial charge in [0.2, 0.25) is 5.91 Å². The molecule has 18 heavy (non-hydrogen) atoms. The van der Waals surface area contributed by atoms with Crippen LogP contribution in [0.4, 0.5) is 0 Å². The minimum Gasteiger partial charge on any atom is -0.496 e. The first-order valence-corrected chi connectivity index (χ1v) is 6.68. The van der Waals surface area contributed by atoms with Crippen molar-refractivity contribution in [1.29, 1.82) is 0 Å². The van der Waals surface area contributed by atoms with E-state index in [9.17, 15) is 4.79 Å². The van der Waals surface area contributed by atoms with Gasteiger partial charge in [-0.25, -0.2) is 0 Å². The summed E-state index contributed by atoms with van der Waals surface area (Å²) in [6.45, 7) is 2.66. The minimum atomic E-state index is 0.148. The molecule has 0 atom stereocenters. The van der Waals surface area contributed by atoms with Crippen molar-refractivity contribution in [2.45, 2.75) is 6.42 Å². The van der Waals surface area contributed by atoms with Crippen molar-refractivity contribution in [1.82, 2.24) is 4.90 Å². The summed E-state index contributed by atoms with van der Waals surface area (Å²) in [5.74, 6) is 0.924. The van der Waals surface area contributed by atoms with Crippen LogP contribution in [0.15, 0.2) is 22.7 Å². The van der Waals surface area contributed by atoms with Crippen LogP contribution in [-0.4, -0.2) is 44.2 Å². The van der Waals surface area contributed by atoms with E-state index in [0.29, 0.717) is 32.7 Å². The van der Waals surface area contributed by atoms with E-state index in [2.05, 4.69) is 15.9 Å². The highest BCUT2D eigenvalue weighted by Crippen LogP contribution is 2.25. The van der Waals surface area contributed by atoms with Gasteiger partial charge in [-0.3, -0.25) is 4.79 Å². The zero-order chi connectivity index (χ0) is 13.0. The second-order valence-electron chi connectivity index (χ2n) is 4.14. The van der Waals surface area contributed by atoms with Crippen molar-refractivity contribution >= 4 is 21.8 Å². The van der Waals surface area contributed by atoms with Gasteiger partial charge < -0.3 is 14.4 Å². The highest BCUT2D eigenvalue weighted by molar-refractivity contribution is 9.10. The van der Waals surface area contributed by atoms with E-state index < -0.39 is 0 Å². The largest absolute Gasteiger partial charge is 0.496 e. The van der Waals surface area contributed by atoms with Crippen LogP contribution in [0, 0.1) is 0 Å². The van der Waals surface area contributed by atoms with Crippen LogP contribution in [0.1, 0.15) is 5.56 Å². The first-order valence-electron chi connectivity index (χ1n) is 5.88. The zero-order valence-electron chi connectivity index (χ0n) is 10.3. The van der Waals surface area contributed by atoms with Crippen LogP contribution in [0.3, 0.4) is 0 Å². The Morgan fingerprint density at radius 3 is 2.78 bits per heavy atom. The lowest BCUT2D eigenvalue weighted by Crippen LogP contribution is -2.41. The standard InChI is InChI=1S/C13H16BrNO3/c1-17-12-3-2-10(8-11(12)14)9-13(16)15-4-6-18-7-5-15/h2-3,8H,4-7,9H2,1H3. The summed E-state index contributed by atoms with van der Waals surface area (Å²) in [5, 5.41) is 0. The van der Waals surface area contributed by atoms with Crippen molar-refractivity contribution in [2.24, 2.45) is 0 Å². The quantitative estimate of drug-likeness (QED) is 0.855. The number of rotatable bonds is 3. The SMILES string of the molecule is COc1ccc(CC(=O)N2CCOCC2)cc1Br. The fourth-order valence-corrected chi connectivity index (χ4v) is 2.51. The first kappa shape index (κ1) is 13.4. The molecule has 2 rings (SSSR count). The number of hydrogen-bond donors (Lipinski definition) is 0. The summed E-state index contributed by atoms with van der Waals surface area (Å²) in [4.78, 5) is 13.9. The molecule has 1 saturated heterocycles. The molecule has 1 amide bonds. The Morgan fingerprint density at radius 2 is 2.17 bits per heavy atom. The molecule has 0 N–H and O–H groups in total. The first-order chi connectivity index (χ1) is 8.70. The van der Waals surface area contributed by atoms with Gasteiger partial charge in [-0.2, -0.15) is 0 Å². The van der Waals surface area contributed by atoms with Gasteiger partial charge in [0.15, 0.2) is 0 Å². The molecule has 5 heteroatoms. The van der Waals surface area contributed by atoms with Gasteiger partial charge in [0.1, 0.15) is 5.75 Å². The Hall–Kier alpha value is -1.07. The Kier molecular flexibility index (Phi) is 4.60. The van der Waals surface area contributed by atoms with Crippen molar-refractivity contribution < 1.29 is 14.3 Å². The monoisotopic (exact) mass is 313 g/mol. The average molecular weight is 314 g/mol. The molecule has 0 aliphatic carbocycles. The summed E-state index contributed by atoms with van der Waals surface area (Å²) in [6.07, 6.45) is 0.419. The normalized spacial score (nSPS) is 15.6. The Labute approximate surface area is 115 Å². The molecule has 1 aromatic rings. The van der Waals surface area contributed by atoms with Crippen LogP contribution in [0.25, 0.3) is 0 Å². The number of halogens is 1. The maximum absolute atomic E-state index is 12.1. The van der Waals surface area contributed by atoms with Gasteiger partial charge in [0.05, 0.1) is 31.2 Å². The number of carbonyl (C=O) groups is 1. The summed E-state index contributed by atoms with van der Waals surface area (Å²) >= 11 is 3.42. The minimum absolute atomic E-state index is 0.148. The highest BCUT2D eigenvalue weighted by atomic mass is 79.9. The number of methoxy groups -OCH3 is 1. The molecule has 4 nitrogen and oxygen atoms in total. The molecule has 0 radical (unpaired) electrons. The van der Waals surface area contributed by atoms with Crippen LogP contribution < -0.4 is 4.74 Å². The predicted molar refractivity (Wildman–Crippen MR) is 71.8 cm³/mol. The van der Waals surface area contributed by atoms with E-state index >= 15 is 0 Å². The molecule has 1 aromatic carbocycles. The molecule has 1 heterocycles. The van der Waals surface area contributed by atoms with E-state index in [1.165, 1.54) is 0 Å². The van der Waals surface area contributed by atoms with Crippen molar-refractivity contribution in [3.05, 3.63) is 28.2 Å². The number of benzene rings is 1. The lowest BCUT2D eigenvalue weighted by molar-refractivity contribution is -0.134. The van der Waals surface area contributed by atoms with E-state index in [-0.39, 0.29) is 5.91 Å². The van der Waals surface area contributed by atoms with E-state index in [0.717, 1.165) is 15.8 Å². The molecule has 0 bridgehead atoms. The van der Waals surface area contributed by atoms with Crippen LogP contribution in [0.2, 0.25) is 0 Å². The maximum atomic E-state index is 12.1. The van der Waals surface area contributed by atoms with Gasteiger partial charge in [-0.15, -0.1) is 0 Å². The molecule has 1 aliphatic rings. The number of carbonyl (C=O) groups excluding carboxylic acids is 1. The average Bonchev–Trinajstić information content (AvgIpc) is 2.40.